The van der Waals surface area contributed by atoms with E-state index in [1.165, 1.54) is 0 Å². The summed E-state index contributed by atoms with van der Waals surface area (Å²) in [5.74, 6) is 0.404. The van der Waals surface area contributed by atoms with Crippen molar-refractivity contribution < 1.29 is 9.53 Å². The molecule has 0 aliphatic carbocycles. The molecule has 1 rings (SSSR count). The van der Waals surface area contributed by atoms with E-state index < -0.39 is 6.04 Å². The van der Waals surface area contributed by atoms with Crippen molar-refractivity contribution in [3.63, 3.8) is 0 Å². The van der Waals surface area contributed by atoms with Crippen LogP contribution in [-0.4, -0.2) is 42.2 Å². The molecule has 1 amide bonds. The molecule has 0 bridgehead atoms. The summed E-state index contributed by atoms with van der Waals surface area (Å²) in [5.41, 5.74) is 0.740. The zero-order chi connectivity index (χ0) is 13.5. The van der Waals surface area contributed by atoms with Gasteiger partial charge in [0, 0.05) is 25.4 Å². The number of rotatable bonds is 6. The number of anilines is 1. The Balaban J connectivity index is 2.52. The van der Waals surface area contributed by atoms with Crippen molar-refractivity contribution in [1.82, 2.24) is 15.3 Å². The number of aryl methyl sites for hydroxylation is 1. The van der Waals surface area contributed by atoms with Gasteiger partial charge in [0.15, 0.2) is 0 Å². The number of hydrogen-bond acceptors (Lipinski definition) is 5. The summed E-state index contributed by atoms with van der Waals surface area (Å²) in [6, 6.07) is 1.32. The van der Waals surface area contributed by atoms with E-state index in [1.807, 2.05) is 6.92 Å². The van der Waals surface area contributed by atoms with E-state index in [1.54, 1.807) is 20.1 Å². The highest BCUT2D eigenvalue weighted by molar-refractivity contribution is 6.28. The Morgan fingerprint density at radius 3 is 2.89 bits per heavy atom. The van der Waals surface area contributed by atoms with Crippen molar-refractivity contribution in [2.24, 2.45) is 0 Å². The first-order valence-electron chi connectivity index (χ1n) is 5.57. The maximum Gasteiger partial charge on any atom is 0.242 e. The lowest BCUT2D eigenvalue weighted by Crippen LogP contribution is -2.39. The summed E-state index contributed by atoms with van der Waals surface area (Å²) >= 11 is 5.74. The normalized spacial score (nSPS) is 12.0. The first kappa shape index (κ1) is 14.7. The van der Waals surface area contributed by atoms with Crippen molar-refractivity contribution in [1.29, 1.82) is 0 Å². The van der Waals surface area contributed by atoms with Crippen LogP contribution in [-0.2, 0) is 9.53 Å². The SMILES string of the molecule is COCCNC(=O)C(C)Nc1cc(C)nc(Cl)n1. The molecule has 0 spiro atoms. The molecule has 0 aromatic carbocycles. The van der Waals surface area contributed by atoms with E-state index >= 15 is 0 Å². The van der Waals surface area contributed by atoms with Gasteiger partial charge in [-0.25, -0.2) is 9.97 Å². The maximum atomic E-state index is 11.7. The lowest BCUT2D eigenvalue weighted by atomic mass is 10.3. The third kappa shape index (κ3) is 4.85. The Morgan fingerprint density at radius 1 is 1.56 bits per heavy atom. The summed E-state index contributed by atoms with van der Waals surface area (Å²) in [5, 5.41) is 5.85. The van der Waals surface area contributed by atoms with E-state index in [4.69, 9.17) is 16.3 Å². The third-order valence-electron chi connectivity index (χ3n) is 2.19. The van der Waals surface area contributed by atoms with Gasteiger partial charge in [0.1, 0.15) is 11.9 Å². The minimum atomic E-state index is -0.410. The number of aromatic nitrogens is 2. The zero-order valence-corrected chi connectivity index (χ0v) is 11.4. The van der Waals surface area contributed by atoms with Crippen molar-refractivity contribution in [2.75, 3.05) is 25.6 Å². The molecule has 100 valence electrons. The molecule has 7 heteroatoms. The molecule has 2 N–H and O–H groups in total. The van der Waals surface area contributed by atoms with Crippen LogP contribution in [0.1, 0.15) is 12.6 Å². The van der Waals surface area contributed by atoms with Gasteiger partial charge in [-0.3, -0.25) is 4.79 Å². The first-order chi connectivity index (χ1) is 8.52. The fraction of sp³-hybridized carbons (Fsp3) is 0.545. The lowest BCUT2D eigenvalue weighted by molar-refractivity contribution is -0.121. The maximum absolute atomic E-state index is 11.7. The fourth-order valence-electron chi connectivity index (χ4n) is 1.32. The molecule has 18 heavy (non-hydrogen) atoms. The predicted octanol–water partition coefficient (Wildman–Crippen LogP) is 1.00. The molecular weight excluding hydrogens is 256 g/mol. The van der Waals surface area contributed by atoms with E-state index in [0.717, 1.165) is 5.69 Å². The largest absolute Gasteiger partial charge is 0.383 e. The van der Waals surface area contributed by atoms with Gasteiger partial charge in [-0.1, -0.05) is 0 Å². The second-order valence-corrected chi connectivity index (χ2v) is 4.15. The van der Waals surface area contributed by atoms with Crippen LogP contribution in [0.5, 0.6) is 0 Å². The van der Waals surface area contributed by atoms with Crippen LogP contribution in [0.15, 0.2) is 6.07 Å². The number of nitrogens with one attached hydrogen (secondary N) is 2. The Hall–Kier alpha value is -1.40. The standard InChI is InChI=1S/C11H17ClN4O2/c1-7-6-9(16-11(12)14-7)15-8(2)10(17)13-4-5-18-3/h6,8H,4-5H2,1-3H3,(H,13,17)(H,14,15,16). The van der Waals surface area contributed by atoms with E-state index in [2.05, 4.69) is 20.6 Å². The van der Waals surface area contributed by atoms with Crippen LogP contribution < -0.4 is 10.6 Å². The summed E-state index contributed by atoms with van der Waals surface area (Å²) in [6.45, 7) is 4.51. The van der Waals surface area contributed by atoms with Gasteiger partial charge >= 0.3 is 0 Å². The van der Waals surface area contributed by atoms with Crippen molar-refractivity contribution in [3.8, 4) is 0 Å². The molecule has 0 aliphatic heterocycles. The number of carbonyl (C=O) groups is 1. The smallest absolute Gasteiger partial charge is 0.242 e. The Morgan fingerprint density at radius 2 is 2.28 bits per heavy atom. The molecule has 0 saturated heterocycles. The van der Waals surface area contributed by atoms with Crippen LogP contribution in [0.3, 0.4) is 0 Å². The first-order valence-corrected chi connectivity index (χ1v) is 5.95. The van der Waals surface area contributed by atoms with Gasteiger partial charge in [0.25, 0.3) is 0 Å². The number of ether oxygens (including phenoxy) is 1. The lowest BCUT2D eigenvalue weighted by Gasteiger charge is -2.14. The van der Waals surface area contributed by atoms with Gasteiger partial charge in [0.05, 0.1) is 6.61 Å². The van der Waals surface area contributed by atoms with E-state index in [9.17, 15) is 4.79 Å². The highest BCUT2D eigenvalue weighted by Gasteiger charge is 2.13. The average molecular weight is 273 g/mol. The summed E-state index contributed by atoms with van der Waals surface area (Å²) < 4.78 is 4.85. The molecular formula is C11H17ClN4O2. The second-order valence-electron chi connectivity index (χ2n) is 3.81. The molecule has 6 nitrogen and oxygen atoms in total. The number of methoxy groups -OCH3 is 1. The molecule has 1 aromatic rings. The number of nitrogens with zero attached hydrogens (tertiary/aromatic N) is 2. The summed E-state index contributed by atoms with van der Waals surface area (Å²) in [7, 11) is 1.58. The van der Waals surface area contributed by atoms with Crippen LogP contribution >= 0.6 is 11.6 Å². The fourth-order valence-corrected chi connectivity index (χ4v) is 1.55. The molecule has 1 heterocycles. The van der Waals surface area contributed by atoms with Gasteiger partial charge in [-0.15, -0.1) is 0 Å². The quantitative estimate of drug-likeness (QED) is 0.597. The highest BCUT2D eigenvalue weighted by Crippen LogP contribution is 2.10. The van der Waals surface area contributed by atoms with Crippen molar-refractivity contribution >= 4 is 23.3 Å². The predicted molar refractivity (Wildman–Crippen MR) is 69.7 cm³/mol. The molecule has 0 saturated carbocycles. The van der Waals surface area contributed by atoms with Crippen LogP contribution in [0.2, 0.25) is 5.28 Å². The summed E-state index contributed by atoms with van der Waals surface area (Å²) in [4.78, 5) is 19.6. The topological polar surface area (TPSA) is 76.1 Å². The van der Waals surface area contributed by atoms with Gasteiger partial charge in [-0.2, -0.15) is 0 Å². The third-order valence-corrected chi connectivity index (χ3v) is 2.36. The van der Waals surface area contributed by atoms with Crippen molar-refractivity contribution in [3.05, 3.63) is 17.0 Å². The minimum Gasteiger partial charge on any atom is -0.383 e. The van der Waals surface area contributed by atoms with Crippen LogP contribution in [0.4, 0.5) is 5.82 Å². The van der Waals surface area contributed by atoms with Gasteiger partial charge in [-0.05, 0) is 25.4 Å². The minimum absolute atomic E-state index is 0.126. The number of amides is 1. The monoisotopic (exact) mass is 272 g/mol. The Bertz CT molecular complexity index is 394. The Labute approximate surface area is 111 Å². The number of halogens is 1. The highest BCUT2D eigenvalue weighted by atomic mass is 35.5. The molecule has 1 atom stereocenters. The molecule has 0 radical (unpaired) electrons. The average Bonchev–Trinajstić information content (AvgIpc) is 2.27. The summed E-state index contributed by atoms with van der Waals surface area (Å²) in [6.07, 6.45) is 0. The van der Waals surface area contributed by atoms with Crippen LogP contribution in [0.25, 0.3) is 0 Å². The number of hydrogen-bond donors (Lipinski definition) is 2. The number of carbonyl (C=O) groups excluding carboxylic acids is 1. The molecule has 1 aromatic heterocycles. The van der Waals surface area contributed by atoms with E-state index in [-0.39, 0.29) is 11.2 Å². The van der Waals surface area contributed by atoms with E-state index in [0.29, 0.717) is 19.0 Å². The molecule has 0 fully saturated rings. The van der Waals surface area contributed by atoms with Gasteiger partial charge < -0.3 is 15.4 Å². The molecule has 1 unspecified atom stereocenters. The second kappa shape index (κ2) is 7.13. The zero-order valence-electron chi connectivity index (χ0n) is 10.7. The van der Waals surface area contributed by atoms with Crippen LogP contribution in [0, 0.1) is 6.92 Å². The Kier molecular flexibility index (Phi) is 5.80. The van der Waals surface area contributed by atoms with Gasteiger partial charge in [0.2, 0.25) is 11.2 Å². The molecule has 0 aliphatic rings. The van der Waals surface area contributed by atoms with Crippen molar-refractivity contribution in [2.45, 2.75) is 19.9 Å².